The Morgan fingerprint density at radius 2 is 1.15 bits per heavy atom. The molecule has 0 amide bonds. The molecule has 319 valence electrons. The van der Waals surface area contributed by atoms with Crippen molar-refractivity contribution in [2.45, 2.75) is 102 Å². The predicted octanol–water partition coefficient (Wildman–Crippen LogP) is 12.6. The molecular formula is C50H48F4IrN6-4. The van der Waals surface area contributed by atoms with Gasteiger partial charge < -0.3 is 19.8 Å². The summed E-state index contributed by atoms with van der Waals surface area (Å²) < 4.78 is 56.7. The molecule has 0 saturated heterocycles. The molecule has 6 nitrogen and oxygen atoms in total. The number of hydrogen-bond donors (Lipinski definition) is 0. The molecule has 3 aromatic carbocycles. The number of rotatable bonds is 10. The number of unbranched alkanes of at least 4 members (excludes halogenated alkanes) is 1. The number of benzene rings is 3. The number of anilines is 3. The molecule has 1 aliphatic heterocycles. The minimum atomic E-state index is -0.654. The Bertz CT molecular complexity index is 2270. The van der Waals surface area contributed by atoms with Gasteiger partial charge in [0.1, 0.15) is 11.6 Å². The molecule has 0 bridgehead atoms. The molecule has 2 saturated carbocycles. The van der Waals surface area contributed by atoms with Gasteiger partial charge in [-0.3, -0.25) is 17.6 Å². The van der Waals surface area contributed by atoms with Crippen LogP contribution in [0.1, 0.15) is 111 Å². The van der Waals surface area contributed by atoms with Crippen molar-refractivity contribution in [3.63, 3.8) is 0 Å². The van der Waals surface area contributed by atoms with Gasteiger partial charge in [-0.2, -0.15) is 30.3 Å². The van der Waals surface area contributed by atoms with Crippen molar-refractivity contribution in [1.82, 2.24) is 19.9 Å². The van der Waals surface area contributed by atoms with Crippen LogP contribution in [0.4, 0.5) is 34.9 Å². The van der Waals surface area contributed by atoms with Crippen molar-refractivity contribution in [3.05, 3.63) is 156 Å². The zero-order valence-corrected chi connectivity index (χ0v) is 36.6. The van der Waals surface area contributed by atoms with Gasteiger partial charge in [0.25, 0.3) is 0 Å². The number of aromatic nitrogens is 4. The molecule has 9 rings (SSSR count). The number of fused-ring (bicyclic) bond motifs is 1. The fourth-order valence-electron chi connectivity index (χ4n) is 8.71. The van der Waals surface area contributed by atoms with Crippen LogP contribution in [0.3, 0.4) is 0 Å². The predicted molar refractivity (Wildman–Crippen MR) is 227 cm³/mol. The zero-order chi connectivity index (χ0) is 41.4. The molecule has 61 heavy (non-hydrogen) atoms. The van der Waals surface area contributed by atoms with Crippen molar-refractivity contribution >= 4 is 17.3 Å². The second kappa shape index (κ2) is 20.7. The Balaban J connectivity index is 0.000000275. The van der Waals surface area contributed by atoms with Gasteiger partial charge in [0.05, 0.1) is 0 Å². The summed E-state index contributed by atoms with van der Waals surface area (Å²) in [4.78, 5) is 22.1. The third kappa shape index (κ3) is 10.9. The summed E-state index contributed by atoms with van der Waals surface area (Å²) in [6, 6.07) is 28.8. The topological polar surface area (TPSA) is 58.0 Å². The number of aryl methyl sites for hydroxylation is 2. The van der Waals surface area contributed by atoms with E-state index in [4.69, 9.17) is 9.97 Å². The van der Waals surface area contributed by atoms with Crippen LogP contribution in [-0.4, -0.2) is 27.0 Å². The number of hydrogen-bond acceptors (Lipinski definition) is 6. The molecule has 0 unspecified atom stereocenters. The van der Waals surface area contributed by atoms with Crippen LogP contribution in [0.5, 0.6) is 0 Å². The van der Waals surface area contributed by atoms with Crippen molar-refractivity contribution in [3.8, 4) is 22.5 Å². The monoisotopic (exact) mass is 1000 g/mol. The van der Waals surface area contributed by atoms with Crippen molar-refractivity contribution in [2.75, 3.05) is 16.8 Å². The molecule has 6 aromatic rings. The van der Waals surface area contributed by atoms with E-state index in [1.807, 2.05) is 59.9 Å². The van der Waals surface area contributed by atoms with E-state index in [-0.39, 0.29) is 31.2 Å². The van der Waals surface area contributed by atoms with Gasteiger partial charge in [0, 0.05) is 67.2 Å². The second-order valence-corrected chi connectivity index (χ2v) is 16.1. The Morgan fingerprint density at radius 1 is 0.639 bits per heavy atom. The minimum Gasteiger partial charge on any atom is -0.487 e. The SMILES string of the molecule is CN1[CH-]N(c2[c-]cccc2)c2nccnc21.Fc1c[c-]c(-c2cc(C3CCCCC3)cc(CCCCc3cc(C4CCCCC4)cc(-c4[c-]cc(F)cc4F)n3)n2)c(F)c1.[Ir]. The first-order chi connectivity index (χ1) is 29.3. The van der Waals surface area contributed by atoms with Gasteiger partial charge in [-0.15, -0.1) is 36.6 Å². The summed E-state index contributed by atoms with van der Waals surface area (Å²) in [6.45, 7) is 1.95. The molecule has 0 spiro atoms. The van der Waals surface area contributed by atoms with Crippen LogP contribution < -0.4 is 9.80 Å². The van der Waals surface area contributed by atoms with Crippen molar-refractivity contribution in [2.24, 2.45) is 0 Å². The molecule has 0 atom stereocenters. The molecule has 2 fully saturated rings. The first-order valence-corrected chi connectivity index (χ1v) is 21.2. The fourth-order valence-corrected chi connectivity index (χ4v) is 8.71. The van der Waals surface area contributed by atoms with E-state index in [2.05, 4.69) is 40.3 Å². The fraction of sp³-hybridized carbons (Fsp3) is 0.340. The van der Waals surface area contributed by atoms with Crippen LogP contribution in [0, 0.1) is 48.1 Å². The van der Waals surface area contributed by atoms with Gasteiger partial charge >= 0.3 is 0 Å². The minimum absolute atomic E-state index is 0. The Hall–Kier alpha value is -4.99. The van der Waals surface area contributed by atoms with Crippen LogP contribution in [0.25, 0.3) is 22.5 Å². The number of para-hydroxylation sites is 1. The zero-order valence-electron chi connectivity index (χ0n) is 34.2. The van der Waals surface area contributed by atoms with Gasteiger partial charge in [-0.25, -0.2) is 9.97 Å². The number of nitrogens with zero attached hydrogens (tertiary/aromatic N) is 6. The quantitative estimate of drug-likeness (QED) is 0.0774. The summed E-state index contributed by atoms with van der Waals surface area (Å²) in [5.74, 6) is -0.0773. The normalized spacial score (nSPS) is 15.5. The first-order valence-electron chi connectivity index (χ1n) is 21.2. The smallest absolute Gasteiger partial charge is 0.143 e. The van der Waals surface area contributed by atoms with E-state index in [1.54, 1.807) is 12.4 Å². The third-order valence-electron chi connectivity index (χ3n) is 11.8. The molecular weight excluding hydrogens is 953 g/mol. The Kier molecular flexibility index (Phi) is 15.0. The van der Waals surface area contributed by atoms with Crippen LogP contribution >= 0.6 is 0 Å². The first kappa shape index (κ1) is 44.1. The van der Waals surface area contributed by atoms with Gasteiger partial charge in [0.15, 0.2) is 0 Å². The summed E-state index contributed by atoms with van der Waals surface area (Å²) >= 11 is 0. The van der Waals surface area contributed by atoms with Crippen molar-refractivity contribution in [1.29, 1.82) is 0 Å². The molecule has 2 aliphatic carbocycles. The average Bonchev–Trinajstić information content (AvgIpc) is 3.62. The van der Waals surface area contributed by atoms with Crippen LogP contribution in [0.2, 0.25) is 0 Å². The Labute approximate surface area is 370 Å². The summed E-state index contributed by atoms with van der Waals surface area (Å²) in [7, 11) is 1.95. The van der Waals surface area contributed by atoms with Gasteiger partial charge in [-0.1, -0.05) is 85.0 Å². The van der Waals surface area contributed by atoms with E-state index in [0.717, 1.165) is 91.5 Å². The maximum Gasteiger partial charge on any atom is 0.143 e. The standard InChI is InChI=1S/C38H38F4N2.C12H10N4.Ir/c39-29-15-17-33(35(41)23-29)37-21-27(25-9-3-1-4-10-25)19-31(43-37)13-7-8-14-32-20-28(26-11-5-2-6-12-26)22-38(44-32)34-18-16-30(40)24-36(34)42;1-15-9-16(10-5-3-2-4-6-10)12-11(15)13-7-8-14-12;/h15-16,19-26H,1-14H2;2-5,7-9H,1H3;/q2*-2;. The van der Waals surface area contributed by atoms with E-state index in [1.165, 1.54) is 49.7 Å². The van der Waals surface area contributed by atoms with Gasteiger partial charge in [-0.05, 0) is 93.8 Å². The second-order valence-electron chi connectivity index (χ2n) is 16.1. The molecule has 3 aromatic heterocycles. The van der Waals surface area contributed by atoms with E-state index < -0.39 is 23.3 Å². The Morgan fingerprint density at radius 3 is 1.62 bits per heavy atom. The molecule has 3 aliphatic rings. The average molecular weight is 1000 g/mol. The van der Waals surface area contributed by atoms with Crippen molar-refractivity contribution < 1.29 is 37.7 Å². The summed E-state index contributed by atoms with van der Waals surface area (Å²) in [6.07, 6.45) is 18.2. The van der Waals surface area contributed by atoms with E-state index >= 15 is 0 Å². The number of halogens is 4. The number of pyridine rings is 2. The maximum absolute atomic E-state index is 14.7. The third-order valence-corrected chi connectivity index (χ3v) is 11.8. The molecule has 0 N–H and O–H groups in total. The molecule has 11 heteroatoms. The maximum atomic E-state index is 14.7. The largest absolute Gasteiger partial charge is 0.487 e. The molecule has 1 radical (unpaired) electrons. The van der Waals surface area contributed by atoms with Gasteiger partial charge in [0.2, 0.25) is 0 Å². The summed E-state index contributed by atoms with van der Waals surface area (Å²) in [5, 5.41) is 0. The molecule has 4 heterocycles. The van der Waals surface area contributed by atoms with Crippen LogP contribution in [-0.2, 0) is 32.9 Å². The van der Waals surface area contributed by atoms with E-state index in [0.29, 0.717) is 36.1 Å². The summed E-state index contributed by atoms with van der Waals surface area (Å²) in [5.41, 5.74) is 6.51. The van der Waals surface area contributed by atoms with Crippen LogP contribution in [0.15, 0.2) is 85.2 Å². The van der Waals surface area contributed by atoms with E-state index in [9.17, 15) is 17.6 Å².